The highest BCUT2D eigenvalue weighted by molar-refractivity contribution is 6.31. The summed E-state index contributed by atoms with van der Waals surface area (Å²) in [6.07, 6.45) is 3.33. The first kappa shape index (κ1) is 29.4. The first-order chi connectivity index (χ1) is 21.4. The molecule has 0 bridgehead atoms. The second kappa shape index (κ2) is 12.9. The summed E-state index contributed by atoms with van der Waals surface area (Å²) in [5.41, 5.74) is 3.52. The van der Waals surface area contributed by atoms with Crippen LogP contribution in [0.25, 0.3) is 16.9 Å². The van der Waals surface area contributed by atoms with E-state index < -0.39 is 11.6 Å². The van der Waals surface area contributed by atoms with Crippen LogP contribution in [0.5, 0.6) is 0 Å². The van der Waals surface area contributed by atoms with Crippen LogP contribution >= 0.6 is 23.2 Å². The molecule has 222 valence electrons. The zero-order chi connectivity index (χ0) is 30.6. The van der Waals surface area contributed by atoms with Crippen LogP contribution in [-0.2, 0) is 27.2 Å². The molecule has 12 heteroatoms. The van der Waals surface area contributed by atoms with Crippen LogP contribution in [0.4, 0.5) is 5.69 Å². The maximum absolute atomic E-state index is 13.8. The molecule has 1 amide bonds. The van der Waals surface area contributed by atoms with Gasteiger partial charge in [0.15, 0.2) is 10.9 Å². The average Bonchev–Trinajstić information content (AvgIpc) is 3.47. The summed E-state index contributed by atoms with van der Waals surface area (Å²) >= 11 is 12.3. The predicted octanol–water partition coefficient (Wildman–Crippen LogP) is 4.76. The van der Waals surface area contributed by atoms with Gasteiger partial charge in [-0.15, -0.1) is 5.10 Å². The Morgan fingerprint density at radius 1 is 0.955 bits per heavy atom. The molecule has 0 N–H and O–H groups in total. The van der Waals surface area contributed by atoms with Gasteiger partial charge in [0.05, 0.1) is 30.5 Å². The van der Waals surface area contributed by atoms with E-state index in [0.717, 1.165) is 16.8 Å². The standard InChI is InChI=1S/C32H26Cl2N6O4/c33-23-8-11-27(40-18-30(34)36-37-40)25(16-23)26-17-31(42)39(20-35-26)28(14-21-4-2-1-3-5-21)29(41)15-22-6-9-24(10-7-22)38-12-13-44-19-32(38)43/h1-11,16-18,20,28H,12-15,19H2/t28-/m0/s1. The molecule has 0 unspecified atom stereocenters. The van der Waals surface area contributed by atoms with E-state index in [4.69, 9.17) is 27.9 Å². The third kappa shape index (κ3) is 6.47. The van der Waals surface area contributed by atoms with Crippen molar-refractivity contribution in [1.29, 1.82) is 0 Å². The molecule has 2 aromatic heterocycles. The largest absolute Gasteiger partial charge is 0.370 e. The second-order valence-electron chi connectivity index (χ2n) is 10.3. The number of ether oxygens (including phenoxy) is 1. The number of anilines is 1. The Kier molecular flexibility index (Phi) is 8.65. The SMILES string of the molecule is O=C(Cc1ccc(N2CCOCC2=O)cc1)[C@H](Cc1ccccc1)n1cnc(-c2cc(Cl)ccc2-n2cc(Cl)nn2)cc1=O. The van der Waals surface area contributed by atoms with Gasteiger partial charge in [-0.3, -0.25) is 19.0 Å². The van der Waals surface area contributed by atoms with E-state index in [-0.39, 0.29) is 29.9 Å². The molecule has 44 heavy (non-hydrogen) atoms. The fourth-order valence-electron chi connectivity index (χ4n) is 5.17. The number of rotatable bonds is 9. The van der Waals surface area contributed by atoms with Crippen molar-refractivity contribution in [2.45, 2.75) is 18.9 Å². The molecule has 1 saturated heterocycles. The fourth-order valence-corrected chi connectivity index (χ4v) is 5.47. The molecular formula is C32H26Cl2N6O4. The van der Waals surface area contributed by atoms with Crippen molar-refractivity contribution in [2.75, 3.05) is 24.7 Å². The number of halogens is 2. The first-order valence-electron chi connectivity index (χ1n) is 13.9. The fraction of sp³-hybridized carbons (Fsp3) is 0.188. The quantitative estimate of drug-likeness (QED) is 0.231. The van der Waals surface area contributed by atoms with Crippen molar-refractivity contribution >= 4 is 40.6 Å². The van der Waals surface area contributed by atoms with Crippen molar-refractivity contribution < 1.29 is 14.3 Å². The highest BCUT2D eigenvalue weighted by Crippen LogP contribution is 2.28. The normalized spacial score (nSPS) is 14.0. The molecule has 1 aliphatic rings. The van der Waals surface area contributed by atoms with Gasteiger partial charge in [-0.25, -0.2) is 9.67 Å². The maximum atomic E-state index is 13.8. The van der Waals surface area contributed by atoms with Crippen LogP contribution in [0.2, 0.25) is 10.2 Å². The molecule has 5 aromatic rings. The lowest BCUT2D eigenvalue weighted by molar-refractivity contribution is -0.125. The maximum Gasteiger partial charge on any atom is 0.254 e. The molecule has 10 nitrogen and oxygen atoms in total. The van der Waals surface area contributed by atoms with Crippen molar-refractivity contribution in [3.05, 3.63) is 123 Å². The summed E-state index contributed by atoms with van der Waals surface area (Å²) in [4.78, 5) is 45.9. The molecule has 1 aliphatic heterocycles. The zero-order valence-electron chi connectivity index (χ0n) is 23.3. The third-order valence-electron chi connectivity index (χ3n) is 7.37. The van der Waals surface area contributed by atoms with Crippen molar-refractivity contribution in [3.63, 3.8) is 0 Å². The molecule has 1 atom stereocenters. The van der Waals surface area contributed by atoms with E-state index in [0.29, 0.717) is 41.5 Å². The summed E-state index contributed by atoms with van der Waals surface area (Å²) in [5.74, 6) is -0.255. The van der Waals surface area contributed by atoms with Gasteiger partial charge in [-0.1, -0.05) is 70.9 Å². The lowest BCUT2D eigenvalue weighted by Gasteiger charge is -2.27. The van der Waals surface area contributed by atoms with Crippen LogP contribution in [0.3, 0.4) is 0 Å². The van der Waals surface area contributed by atoms with Gasteiger partial charge in [0.25, 0.3) is 11.5 Å². The van der Waals surface area contributed by atoms with Gasteiger partial charge in [0.1, 0.15) is 12.6 Å². The summed E-state index contributed by atoms with van der Waals surface area (Å²) in [6.45, 7) is 1.00. The minimum atomic E-state index is -0.806. The first-order valence-corrected chi connectivity index (χ1v) is 14.6. The summed E-state index contributed by atoms with van der Waals surface area (Å²) in [6, 6.07) is 22.5. The smallest absolute Gasteiger partial charge is 0.254 e. The minimum Gasteiger partial charge on any atom is -0.370 e. The van der Waals surface area contributed by atoms with Crippen molar-refractivity contribution in [3.8, 4) is 16.9 Å². The number of carbonyl (C=O) groups excluding carboxylic acids is 2. The highest BCUT2D eigenvalue weighted by atomic mass is 35.5. The van der Waals surface area contributed by atoms with E-state index in [9.17, 15) is 14.4 Å². The molecule has 3 aromatic carbocycles. The zero-order valence-corrected chi connectivity index (χ0v) is 24.9. The Balaban J connectivity index is 1.30. The Morgan fingerprint density at radius 2 is 1.75 bits per heavy atom. The van der Waals surface area contributed by atoms with Gasteiger partial charge in [0.2, 0.25) is 0 Å². The van der Waals surface area contributed by atoms with Gasteiger partial charge < -0.3 is 9.64 Å². The Bertz CT molecular complexity index is 1870. The van der Waals surface area contributed by atoms with Crippen LogP contribution < -0.4 is 10.5 Å². The number of amides is 1. The Labute approximate surface area is 262 Å². The topological polar surface area (TPSA) is 112 Å². The van der Waals surface area contributed by atoms with Crippen LogP contribution in [0, 0.1) is 0 Å². The lowest BCUT2D eigenvalue weighted by Crippen LogP contribution is -2.41. The van der Waals surface area contributed by atoms with Crippen LogP contribution in [0.15, 0.2) is 96.2 Å². The second-order valence-corrected chi connectivity index (χ2v) is 11.1. The number of aromatic nitrogens is 5. The van der Waals surface area contributed by atoms with Gasteiger partial charge in [-0.2, -0.15) is 0 Å². The van der Waals surface area contributed by atoms with Gasteiger partial charge in [-0.05, 0) is 41.5 Å². The molecule has 0 saturated carbocycles. The average molecular weight is 630 g/mol. The van der Waals surface area contributed by atoms with Gasteiger partial charge >= 0.3 is 0 Å². The van der Waals surface area contributed by atoms with E-state index in [1.807, 2.05) is 54.6 Å². The van der Waals surface area contributed by atoms with Crippen LogP contribution in [-0.4, -0.2) is 56.0 Å². The highest BCUT2D eigenvalue weighted by Gasteiger charge is 2.24. The molecule has 6 rings (SSSR count). The summed E-state index contributed by atoms with van der Waals surface area (Å²) in [7, 11) is 0. The molecule has 1 fully saturated rings. The van der Waals surface area contributed by atoms with Crippen LogP contribution in [0.1, 0.15) is 17.2 Å². The Morgan fingerprint density at radius 3 is 2.45 bits per heavy atom. The molecule has 0 aliphatic carbocycles. The van der Waals surface area contributed by atoms with E-state index >= 15 is 0 Å². The van der Waals surface area contributed by atoms with Crippen molar-refractivity contribution in [1.82, 2.24) is 24.5 Å². The number of hydrogen-bond donors (Lipinski definition) is 0. The predicted molar refractivity (Wildman–Crippen MR) is 166 cm³/mol. The summed E-state index contributed by atoms with van der Waals surface area (Å²) < 4.78 is 8.06. The van der Waals surface area contributed by atoms with E-state index in [1.165, 1.54) is 27.8 Å². The lowest BCUT2D eigenvalue weighted by atomic mass is 9.97. The number of morpholine rings is 1. The van der Waals surface area contributed by atoms with Gasteiger partial charge in [0, 0.05) is 41.7 Å². The third-order valence-corrected chi connectivity index (χ3v) is 7.78. The van der Waals surface area contributed by atoms with Crippen molar-refractivity contribution in [2.24, 2.45) is 0 Å². The minimum absolute atomic E-state index is 0.0520. The molecule has 3 heterocycles. The summed E-state index contributed by atoms with van der Waals surface area (Å²) in [5, 5.41) is 8.51. The number of carbonyl (C=O) groups is 2. The number of benzene rings is 3. The monoisotopic (exact) mass is 628 g/mol. The number of Topliss-reactive ketones (excluding diaryl/α,β-unsaturated/α-hetero) is 1. The molecule has 0 spiro atoms. The number of hydrogen-bond acceptors (Lipinski definition) is 7. The molecular weight excluding hydrogens is 603 g/mol. The van der Waals surface area contributed by atoms with E-state index in [1.54, 1.807) is 23.1 Å². The number of ketones is 1. The van der Waals surface area contributed by atoms with E-state index in [2.05, 4.69) is 15.3 Å². The molecule has 0 radical (unpaired) electrons. The number of nitrogens with zero attached hydrogens (tertiary/aromatic N) is 6. The Hall–Kier alpha value is -4.64.